The highest BCUT2D eigenvalue weighted by atomic mass is 19.1. The number of imidazole rings is 1. The third kappa shape index (κ3) is 2.84. The lowest BCUT2D eigenvalue weighted by Crippen LogP contribution is -2.41. The number of halogens is 1. The Hall–Kier alpha value is -4.48. The summed E-state index contributed by atoms with van der Waals surface area (Å²) < 4.78 is 21.3. The lowest BCUT2D eigenvalue weighted by atomic mass is 9.99. The van der Waals surface area contributed by atoms with Crippen LogP contribution in [0.5, 0.6) is 0 Å². The van der Waals surface area contributed by atoms with Crippen LogP contribution < -0.4 is 0 Å². The smallest absolute Gasteiger partial charge is 0.312 e. The molecular weight excluding hydrogens is 417 g/mol. The van der Waals surface area contributed by atoms with Gasteiger partial charge in [-0.25, -0.2) is 18.9 Å². The molecule has 6 rings (SSSR count). The van der Waals surface area contributed by atoms with Crippen molar-refractivity contribution >= 4 is 11.4 Å². The Bertz CT molecular complexity index is 1440. The van der Waals surface area contributed by atoms with Gasteiger partial charge in [0, 0.05) is 37.3 Å². The van der Waals surface area contributed by atoms with Crippen molar-refractivity contribution in [1.29, 1.82) is 0 Å². The normalized spacial score (nSPS) is 15.8. The maximum Gasteiger partial charge on any atom is 0.312 e. The van der Waals surface area contributed by atoms with Crippen LogP contribution in [0.3, 0.4) is 0 Å². The monoisotopic (exact) mass is 431 g/mol. The number of aromatic amines is 1. The minimum Gasteiger partial charge on any atom is -0.411 e. The van der Waals surface area contributed by atoms with Gasteiger partial charge < -0.3 is 14.3 Å². The number of carbonyl (C=O) groups is 1. The maximum atomic E-state index is 14.3. The fourth-order valence-electron chi connectivity index (χ4n) is 3.87. The first-order chi connectivity index (χ1) is 15.7. The van der Waals surface area contributed by atoms with Gasteiger partial charge >= 0.3 is 11.8 Å². The molecule has 0 radical (unpaired) electrons. The number of H-pyrrole nitrogens is 1. The molecule has 32 heavy (non-hydrogen) atoms. The fourth-order valence-corrected chi connectivity index (χ4v) is 3.87. The Labute approximate surface area is 179 Å². The van der Waals surface area contributed by atoms with Gasteiger partial charge in [-0.05, 0) is 18.2 Å². The molecular formula is C20H14FN9O2. The number of carbonyl (C=O) groups excluding carboxylic acids is 1. The van der Waals surface area contributed by atoms with Crippen molar-refractivity contribution in [3.8, 4) is 11.6 Å². The summed E-state index contributed by atoms with van der Waals surface area (Å²) in [6, 6.07) is 3.89. The minimum atomic E-state index is -0.649. The van der Waals surface area contributed by atoms with Crippen LogP contribution in [0.2, 0.25) is 0 Å². The van der Waals surface area contributed by atoms with Crippen LogP contribution in [0.15, 0.2) is 53.7 Å². The Morgan fingerprint density at radius 3 is 3.03 bits per heavy atom. The molecule has 1 aliphatic rings. The number of pyridine rings is 1. The lowest BCUT2D eigenvalue weighted by Gasteiger charge is -2.32. The van der Waals surface area contributed by atoms with Crippen molar-refractivity contribution in [2.45, 2.75) is 12.5 Å². The molecule has 0 bridgehead atoms. The number of nitrogens with one attached hydrogen (secondary N) is 1. The zero-order valence-electron chi connectivity index (χ0n) is 16.4. The summed E-state index contributed by atoms with van der Waals surface area (Å²) in [5, 5.41) is 12.3. The van der Waals surface area contributed by atoms with Gasteiger partial charge in [0.15, 0.2) is 0 Å². The molecule has 1 aliphatic heterocycles. The van der Waals surface area contributed by atoms with Gasteiger partial charge in [-0.15, -0.1) is 10.2 Å². The molecule has 5 aromatic rings. The molecule has 0 fully saturated rings. The van der Waals surface area contributed by atoms with Gasteiger partial charge in [-0.3, -0.25) is 9.78 Å². The second-order valence-corrected chi connectivity index (χ2v) is 7.18. The molecule has 11 nitrogen and oxygen atoms in total. The molecule has 5 aromatic heterocycles. The van der Waals surface area contributed by atoms with Crippen LogP contribution in [0, 0.1) is 5.82 Å². The molecule has 12 heteroatoms. The van der Waals surface area contributed by atoms with E-state index in [0.29, 0.717) is 35.6 Å². The number of amides is 1. The van der Waals surface area contributed by atoms with Gasteiger partial charge in [-0.2, -0.15) is 5.10 Å². The fraction of sp³-hybridized carbons (Fsp3) is 0.150. The van der Waals surface area contributed by atoms with Gasteiger partial charge in [0.1, 0.15) is 23.1 Å². The van der Waals surface area contributed by atoms with E-state index in [0.717, 1.165) is 5.69 Å². The number of hydrogen-bond acceptors (Lipinski definition) is 8. The van der Waals surface area contributed by atoms with Gasteiger partial charge in [-0.1, -0.05) is 0 Å². The summed E-state index contributed by atoms with van der Waals surface area (Å²) in [6.45, 7) is 0.359. The summed E-state index contributed by atoms with van der Waals surface area (Å²) in [5.41, 5.74) is 2.68. The van der Waals surface area contributed by atoms with Gasteiger partial charge in [0.05, 0.1) is 23.9 Å². The first-order valence-electron chi connectivity index (χ1n) is 9.76. The van der Waals surface area contributed by atoms with Crippen LogP contribution >= 0.6 is 0 Å². The third-order valence-corrected chi connectivity index (χ3v) is 5.33. The molecule has 0 saturated heterocycles. The van der Waals surface area contributed by atoms with Gasteiger partial charge in [0.2, 0.25) is 0 Å². The topological polar surface area (TPSA) is 131 Å². The van der Waals surface area contributed by atoms with E-state index < -0.39 is 17.8 Å². The highest BCUT2D eigenvalue weighted by Crippen LogP contribution is 2.34. The Morgan fingerprint density at radius 2 is 2.19 bits per heavy atom. The van der Waals surface area contributed by atoms with E-state index >= 15 is 0 Å². The second-order valence-electron chi connectivity index (χ2n) is 7.18. The van der Waals surface area contributed by atoms with Crippen LogP contribution in [0.1, 0.15) is 33.8 Å². The average molecular weight is 431 g/mol. The van der Waals surface area contributed by atoms with E-state index in [4.69, 9.17) is 4.42 Å². The zero-order chi connectivity index (χ0) is 21.7. The van der Waals surface area contributed by atoms with Crippen LogP contribution in [-0.4, -0.2) is 57.1 Å². The number of fused-ring (bicyclic) bond motifs is 2. The first-order valence-corrected chi connectivity index (χ1v) is 9.76. The number of hydrogen-bond donors (Lipinski definition) is 1. The van der Waals surface area contributed by atoms with Crippen molar-refractivity contribution in [2.75, 3.05) is 6.54 Å². The van der Waals surface area contributed by atoms with Crippen LogP contribution in [0.4, 0.5) is 4.39 Å². The highest BCUT2D eigenvalue weighted by molar-refractivity contribution is 5.90. The first kappa shape index (κ1) is 18.3. The molecule has 0 aromatic carbocycles. The largest absolute Gasteiger partial charge is 0.411 e. The highest BCUT2D eigenvalue weighted by Gasteiger charge is 2.38. The number of aromatic nitrogens is 8. The van der Waals surface area contributed by atoms with E-state index in [-0.39, 0.29) is 11.8 Å². The summed E-state index contributed by atoms with van der Waals surface area (Å²) in [6.07, 6.45) is 8.25. The van der Waals surface area contributed by atoms with Crippen LogP contribution in [-0.2, 0) is 6.42 Å². The lowest BCUT2D eigenvalue weighted by molar-refractivity contribution is 0.0646. The molecule has 0 aliphatic carbocycles. The third-order valence-electron chi connectivity index (χ3n) is 5.33. The summed E-state index contributed by atoms with van der Waals surface area (Å²) in [7, 11) is 0. The SMILES string of the molecule is O=C(c1nnc(-c2cnccn2)o1)N1CCc2[nH]cnc2[C@H]1c1cc2c(F)cccn2n1. The predicted octanol–water partition coefficient (Wildman–Crippen LogP) is 1.82. The average Bonchev–Trinajstić information content (AvgIpc) is 3.58. The van der Waals surface area contributed by atoms with Crippen molar-refractivity contribution in [1.82, 2.24) is 44.6 Å². The van der Waals surface area contributed by atoms with E-state index in [1.54, 1.807) is 29.6 Å². The quantitative estimate of drug-likeness (QED) is 0.458. The summed E-state index contributed by atoms with van der Waals surface area (Å²) in [4.78, 5) is 30.5. The molecule has 1 amide bonds. The minimum absolute atomic E-state index is 0.0882. The molecule has 0 saturated carbocycles. The van der Waals surface area contributed by atoms with E-state index in [1.807, 2.05) is 0 Å². The number of nitrogens with zero attached hydrogens (tertiary/aromatic N) is 8. The Kier molecular flexibility index (Phi) is 4.03. The van der Waals surface area contributed by atoms with Crippen molar-refractivity contribution < 1.29 is 13.6 Å². The molecule has 1 atom stereocenters. The van der Waals surface area contributed by atoms with Crippen molar-refractivity contribution in [3.63, 3.8) is 0 Å². The van der Waals surface area contributed by atoms with E-state index in [1.165, 1.54) is 29.2 Å². The molecule has 0 unspecified atom stereocenters. The zero-order valence-corrected chi connectivity index (χ0v) is 16.4. The summed E-state index contributed by atoms with van der Waals surface area (Å²) >= 11 is 0. The molecule has 158 valence electrons. The van der Waals surface area contributed by atoms with Crippen LogP contribution in [0.25, 0.3) is 17.1 Å². The van der Waals surface area contributed by atoms with Crippen molar-refractivity contribution in [2.24, 2.45) is 0 Å². The maximum absolute atomic E-state index is 14.3. The van der Waals surface area contributed by atoms with E-state index in [2.05, 4.69) is 35.2 Å². The van der Waals surface area contributed by atoms with Gasteiger partial charge in [0.25, 0.3) is 5.89 Å². The standard InChI is InChI=1S/C20H14FN9O2/c21-11-2-1-6-30-15(11)8-13(28-30)17-16-12(24-10-25-16)3-7-29(17)20(31)19-27-26-18(32-19)14-9-22-4-5-23-14/h1-2,4-6,8-10,17H,3,7H2,(H,24,25)/t17-/m1/s1. The number of rotatable bonds is 3. The molecule has 1 N–H and O–H groups in total. The predicted molar refractivity (Wildman–Crippen MR) is 106 cm³/mol. The second kappa shape index (κ2) is 7.04. The van der Waals surface area contributed by atoms with E-state index in [9.17, 15) is 9.18 Å². The molecule has 6 heterocycles. The van der Waals surface area contributed by atoms with Crippen molar-refractivity contribution in [3.05, 3.63) is 78.1 Å². The Balaban J connectivity index is 1.41. The Morgan fingerprint density at radius 1 is 1.25 bits per heavy atom. The summed E-state index contributed by atoms with van der Waals surface area (Å²) in [5.74, 6) is -0.994. The molecule has 0 spiro atoms.